The summed E-state index contributed by atoms with van der Waals surface area (Å²) in [5.74, 6) is -1.90. The number of benzene rings is 2. The van der Waals surface area contributed by atoms with Crippen LogP contribution < -0.4 is 11.1 Å². The molecule has 4 atom stereocenters. The van der Waals surface area contributed by atoms with Crippen LogP contribution in [-0.2, 0) is 19.1 Å². The van der Waals surface area contributed by atoms with Crippen LogP contribution in [0.3, 0.4) is 0 Å². The number of nitrogens with two attached hydrogens (primary N) is 1. The maximum absolute atomic E-state index is 12.9. The third-order valence-electron chi connectivity index (χ3n) is 5.94. The van der Waals surface area contributed by atoms with Crippen molar-refractivity contribution in [1.82, 2.24) is 10.2 Å². The molecular formula is C24H25N3O6S. The molecule has 34 heavy (non-hydrogen) atoms. The summed E-state index contributed by atoms with van der Waals surface area (Å²) in [6, 6.07) is 11.7. The first-order chi connectivity index (χ1) is 16.1. The standard InChI is InChI=1S/C24H25N3O6S/c1-24(2)19(23(32)33-12-16(29)13-6-4-3-5-7-13)27-21(31)18(22(27)34-24)26-20(30)17(25)14-8-10-15(28)11-9-14/h3-11,17-19,22,28H,12,25H2,1-2H3,(H,26,30)/t17?,18-,19+,22-/m1/s1. The number of aromatic hydroxyl groups is 1. The molecule has 0 radical (unpaired) electrons. The summed E-state index contributed by atoms with van der Waals surface area (Å²) in [7, 11) is 0. The molecule has 0 bridgehead atoms. The topological polar surface area (TPSA) is 139 Å². The van der Waals surface area contributed by atoms with Gasteiger partial charge in [-0.2, -0.15) is 0 Å². The predicted octanol–water partition coefficient (Wildman–Crippen LogP) is 1.37. The number of hydrogen-bond acceptors (Lipinski definition) is 8. The highest BCUT2D eigenvalue weighted by atomic mass is 32.2. The lowest BCUT2D eigenvalue weighted by molar-refractivity contribution is -0.163. The molecule has 0 saturated carbocycles. The molecule has 10 heteroatoms. The molecule has 2 aliphatic heterocycles. The van der Waals surface area contributed by atoms with Gasteiger partial charge in [0.15, 0.2) is 12.4 Å². The van der Waals surface area contributed by atoms with Crippen LogP contribution in [0.5, 0.6) is 5.75 Å². The van der Waals surface area contributed by atoms with E-state index in [2.05, 4.69) is 5.32 Å². The van der Waals surface area contributed by atoms with Crippen LogP contribution >= 0.6 is 11.8 Å². The van der Waals surface area contributed by atoms with Gasteiger partial charge >= 0.3 is 5.97 Å². The number of phenolic OH excluding ortho intramolecular Hbond substituents is 1. The molecular weight excluding hydrogens is 458 g/mol. The monoisotopic (exact) mass is 483 g/mol. The van der Waals surface area contributed by atoms with Crippen molar-refractivity contribution in [2.24, 2.45) is 5.73 Å². The van der Waals surface area contributed by atoms with E-state index in [9.17, 15) is 24.3 Å². The number of rotatable bonds is 7. The van der Waals surface area contributed by atoms with Gasteiger partial charge in [-0.05, 0) is 31.5 Å². The fourth-order valence-corrected chi connectivity index (χ4v) is 5.75. The molecule has 0 aromatic heterocycles. The normalized spacial score (nSPS) is 23.4. The quantitative estimate of drug-likeness (QED) is 0.305. The van der Waals surface area contributed by atoms with Gasteiger partial charge in [0, 0.05) is 10.3 Å². The Labute approximate surface area is 200 Å². The fourth-order valence-electron chi connectivity index (χ4n) is 4.13. The van der Waals surface area contributed by atoms with Crippen molar-refractivity contribution >= 4 is 35.3 Å². The zero-order chi connectivity index (χ0) is 24.6. The smallest absolute Gasteiger partial charge is 0.330 e. The summed E-state index contributed by atoms with van der Waals surface area (Å²) < 4.78 is 4.59. The molecule has 0 spiro atoms. The average Bonchev–Trinajstić information content (AvgIpc) is 3.08. The molecule has 1 unspecified atom stereocenters. The number of Topliss-reactive ketones (excluding diaryl/α,β-unsaturated/α-hetero) is 1. The van der Waals surface area contributed by atoms with Gasteiger partial charge in [-0.3, -0.25) is 14.4 Å². The lowest BCUT2D eigenvalue weighted by atomic mass is 9.95. The van der Waals surface area contributed by atoms with Crippen molar-refractivity contribution in [1.29, 1.82) is 0 Å². The minimum Gasteiger partial charge on any atom is -0.508 e. The number of carbonyl (C=O) groups is 4. The molecule has 4 N–H and O–H groups in total. The van der Waals surface area contributed by atoms with E-state index in [0.717, 1.165) is 0 Å². The highest BCUT2D eigenvalue weighted by Gasteiger charge is 2.64. The SMILES string of the molecule is CC1(C)S[C@@H]2[C@H](NC(=O)C(N)c3ccc(O)cc3)C(=O)N2[C@H]1C(=O)OCC(=O)c1ccccc1. The number of amides is 2. The van der Waals surface area contributed by atoms with Crippen LogP contribution in [0, 0.1) is 0 Å². The summed E-state index contributed by atoms with van der Waals surface area (Å²) in [5.41, 5.74) is 6.93. The number of hydrogen-bond donors (Lipinski definition) is 3. The highest BCUT2D eigenvalue weighted by molar-refractivity contribution is 8.01. The van der Waals surface area contributed by atoms with Crippen molar-refractivity contribution in [3.05, 3.63) is 65.7 Å². The Morgan fingerprint density at radius 2 is 1.79 bits per heavy atom. The zero-order valence-electron chi connectivity index (χ0n) is 18.6. The number of ketones is 1. The fraction of sp³-hybridized carbons (Fsp3) is 0.333. The summed E-state index contributed by atoms with van der Waals surface area (Å²) in [5, 5.41) is 11.6. The number of carbonyl (C=O) groups excluding carboxylic acids is 4. The highest BCUT2D eigenvalue weighted by Crippen LogP contribution is 2.51. The molecule has 178 valence electrons. The Bertz CT molecular complexity index is 1120. The van der Waals surface area contributed by atoms with Crippen molar-refractivity contribution in [3.8, 4) is 5.75 Å². The van der Waals surface area contributed by atoms with E-state index in [1.807, 2.05) is 13.8 Å². The van der Waals surface area contributed by atoms with Gasteiger partial charge in [0.05, 0.1) is 0 Å². The third-order valence-corrected chi connectivity index (χ3v) is 7.51. The Hall–Kier alpha value is -3.37. The van der Waals surface area contributed by atoms with Crippen molar-refractivity contribution in [2.45, 2.75) is 42.1 Å². The molecule has 2 saturated heterocycles. The van der Waals surface area contributed by atoms with Gasteiger partial charge in [0.2, 0.25) is 11.8 Å². The van der Waals surface area contributed by atoms with Crippen LogP contribution in [0.4, 0.5) is 0 Å². The van der Waals surface area contributed by atoms with Gasteiger partial charge < -0.3 is 25.8 Å². The van der Waals surface area contributed by atoms with Gasteiger partial charge in [-0.25, -0.2) is 4.79 Å². The van der Waals surface area contributed by atoms with Crippen molar-refractivity contribution in [3.63, 3.8) is 0 Å². The summed E-state index contributed by atoms with van der Waals surface area (Å²) >= 11 is 1.38. The Balaban J connectivity index is 1.39. The van der Waals surface area contributed by atoms with Gasteiger partial charge in [-0.15, -0.1) is 11.8 Å². The Kier molecular flexibility index (Phi) is 6.37. The summed E-state index contributed by atoms with van der Waals surface area (Å²) in [4.78, 5) is 52.1. The second-order valence-electron chi connectivity index (χ2n) is 8.71. The first kappa shape index (κ1) is 23.8. The maximum Gasteiger partial charge on any atom is 0.330 e. The summed E-state index contributed by atoms with van der Waals surface area (Å²) in [6.45, 7) is 3.21. The molecule has 2 aromatic carbocycles. The van der Waals surface area contributed by atoms with E-state index < -0.39 is 52.6 Å². The van der Waals surface area contributed by atoms with Crippen LogP contribution in [-0.4, -0.2) is 62.4 Å². The number of thioether (sulfide) groups is 1. The molecule has 2 heterocycles. The first-order valence-corrected chi connectivity index (χ1v) is 11.6. The van der Waals surface area contributed by atoms with Crippen molar-refractivity contribution in [2.75, 3.05) is 6.61 Å². The Morgan fingerprint density at radius 1 is 1.15 bits per heavy atom. The summed E-state index contributed by atoms with van der Waals surface area (Å²) in [6.07, 6.45) is 0. The molecule has 2 aromatic rings. The van der Waals surface area contributed by atoms with Gasteiger partial charge in [0.25, 0.3) is 0 Å². The van der Waals surface area contributed by atoms with Crippen LogP contribution in [0.15, 0.2) is 54.6 Å². The number of nitrogens with zero attached hydrogens (tertiary/aromatic N) is 1. The van der Waals surface area contributed by atoms with E-state index in [4.69, 9.17) is 10.5 Å². The number of esters is 1. The molecule has 0 aliphatic carbocycles. The second kappa shape index (κ2) is 9.11. The number of nitrogens with one attached hydrogen (secondary N) is 1. The largest absolute Gasteiger partial charge is 0.508 e. The van der Waals surface area contributed by atoms with E-state index >= 15 is 0 Å². The van der Waals surface area contributed by atoms with E-state index in [0.29, 0.717) is 11.1 Å². The van der Waals surface area contributed by atoms with E-state index in [1.54, 1.807) is 30.3 Å². The minimum absolute atomic E-state index is 0.0501. The number of β-lactam (4-membered cyclic amide) rings is 1. The molecule has 2 fully saturated rings. The van der Waals surface area contributed by atoms with E-state index in [1.165, 1.54) is 40.9 Å². The average molecular weight is 484 g/mol. The van der Waals surface area contributed by atoms with Gasteiger partial charge in [-0.1, -0.05) is 42.5 Å². The van der Waals surface area contributed by atoms with Crippen LogP contribution in [0.2, 0.25) is 0 Å². The predicted molar refractivity (Wildman–Crippen MR) is 125 cm³/mol. The zero-order valence-corrected chi connectivity index (χ0v) is 19.5. The Morgan fingerprint density at radius 3 is 2.44 bits per heavy atom. The first-order valence-electron chi connectivity index (χ1n) is 10.7. The molecule has 9 nitrogen and oxygen atoms in total. The maximum atomic E-state index is 12.9. The molecule has 4 rings (SSSR count). The number of ether oxygens (including phenoxy) is 1. The van der Waals surface area contributed by atoms with E-state index in [-0.39, 0.29) is 11.5 Å². The lowest BCUT2D eigenvalue weighted by Gasteiger charge is -2.44. The lowest BCUT2D eigenvalue weighted by Crippen LogP contribution is -2.71. The third kappa shape index (κ3) is 4.38. The minimum atomic E-state index is -1.02. The van der Waals surface area contributed by atoms with Crippen LogP contribution in [0.25, 0.3) is 0 Å². The molecule has 2 aliphatic rings. The second-order valence-corrected chi connectivity index (χ2v) is 10.5. The van der Waals surface area contributed by atoms with Gasteiger partial charge in [0.1, 0.15) is 29.2 Å². The number of fused-ring (bicyclic) bond motifs is 1. The molecule has 2 amide bonds. The van der Waals surface area contributed by atoms with Crippen molar-refractivity contribution < 1.29 is 29.0 Å². The number of phenols is 1. The van der Waals surface area contributed by atoms with Crippen LogP contribution in [0.1, 0.15) is 35.8 Å².